The van der Waals surface area contributed by atoms with E-state index in [2.05, 4.69) is 31.4 Å². The fraction of sp³-hybridized carbons (Fsp3) is 0.950. The Kier molecular flexibility index (Phi) is 4.52. The number of amides is 2. The Morgan fingerprint density at radius 3 is 2.68 bits per heavy atom. The van der Waals surface area contributed by atoms with Crippen molar-refractivity contribution in [1.29, 1.82) is 0 Å². The summed E-state index contributed by atoms with van der Waals surface area (Å²) in [5.41, 5.74) is 0.217. The smallest absolute Gasteiger partial charge is 0.315 e. The molecule has 25 heavy (non-hydrogen) atoms. The van der Waals surface area contributed by atoms with Gasteiger partial charge in [0.15, 0.2) is 0 Å². The Bertz CT molecular complexity index is 515. The molecule has 3 saturated carbocycles. The number of rotatable bonds is 4. The standard InChI is InChI=1S/C20H34N2O3/c1-4-24-15-12-14(20(15)9-6-5-7-10-20)21-18(23)22-16-13-8-11-25-17(13)19(16,2)3/h13-17H,4-12H2,1-3H3,(H2,21,22,23). The molecule has 0 aromatic heterocycles. The van der Waals surface area contributed by atoms with Crippen LogP contribution in [0, 0.1) is 16.7 Å². The summed E-state index contributed by atoms with van der Waals surface area (Å²) in [5, 5.41) is 6.59. The molecule has 1 saturated heterocycles. The summed E-state index contributed by atoms with van der Waals surface area (Å²) in [4.78, 5) is 12.7. The molecule has 1 aliphatic heterocycles. The van der Waals surface area contributed by atoms with Crippen LogP contribution in [0.4, 0.5) is 4.79 Å². The van der Waals surface area contributed by atoms with Gasteiger partial charge in [-0.1, -0.05) is 33.1 Å². The molecule has 0 aromatic rings. The number of hydrogen-bond acceptors (Lipinski definition) is 3. The second-order valence-corrected chi connectivity index (χ2v) is 9.19. The van der Waals surface area contributed by atoms with E-state index in [0.717, 1.165) is 26.1 Å². The van der Waals surface area contributed by atoms with Crippen molar-refractivity contribution in [3.05, 3.63) is 0 Å². The van der Waals surface area contributed by atoms with Crippen molar-refractivity contribution < 1.29 is 14.3 Å². The molecule has 5 nitrogen and oxygen atoms in total. The number of nitrogens with one attached hydrogen (secondary N) is 2. The zero-order valence-electron chi connectivity index (χ0n) is 16.0. The first-order valence-corrected chi connectivity index (χ1v) is 10.3. The van der Waals surface area contributed by atoms with E-state index >= 15 is 0 Å². The van der Waals surface area contributed by atoms with Crippen molar-refractivity contribution >= 4 is 6.03 Å². The monoisotopic (exact) mass is 350 g/mol. The van der Waals surface area contributed by atoms with Gasteiger partial charge in [0.25, 0.3) is 0 Å². The molecule has 1 heterocycles. The normalized spacial score (nSPS) is 40.7. The Labute approximate surface area is 151 Å². The molecule has 2 N–H and O–H groups in total. The number of fused-ring (bicyclic) bond motifs is 1. The number of ether oxygens (including phenoxy) is 2. The van der Waals surface area contributed by atoms with Crippen LogP contribution in [0.15, 0.2) is 0 Å². The first kappa shape index (κ1) is 17.6. The Morgan fingerprint density at radius 1 is 1.20 bits per heavy atom. The zero-order valence-corrected chi connectivity index (χ0v) is 16.0. The summed E-state index contributed by atoms with van der Waals surface area (Å²) in [5.74, 6) is 0.488. The quantitative estimate of drug-likeness (QED) is 0.818. The van der Waals surface area contributed by atoms with E-state index in [4.69, 9.17) is 9.47 Å². The number of urea groups is 1. The summed E-state index contributed by atoms with van der Waals surface area (Å²) >= 11 is 0. The zero-order chi connectivity index (χ0) is 17.7. The molecule has 1 spiro atoms. The Morgan fingerprint density at radius 2 is 1.96 bits per heavy atom. The number of hydrogen-bond donors (Lipinski definition) is 2. The highest BCUT2D eigenvalue weighted by Gasteiger charge is 2.60. The molecular formula is C20H34N2O3. The first-order valence-electron chi connectivity index (χ1n) is 10.3. The van der Waals surface area contributed by atoms with Gasteiger partial charge < -0.3 is 20.1 Å². The molecule has 4 fully saturated rings. The van der Waals surface area contributed by atoms with Crippen LogP contribution in [0.2, 0.25) is 0 Å². The lowest BCUT2D eigenvalue weighted by atomic mass is 9.55. The number of carbonyl (C=O) groups is 1. The van der Waals surface area contributed by atoms with Gasteiger partial charge in [-0.3, -0.25) is 0 Å². The van der Waals surface area contributed by atoms with Crippen LogP contribution in [-0.2, 0) is 9.47 Å². The van der Waals surface area contributed by atoms with Gasteiger partial charge in [0.2, 0.25) is 0 Å². The van der Waals surface area contributed by atoms with Gasteiger partial charge in [-0.2, -0.15) is 0 Å². The maximum absolute atomic E-state index is 12.7. The lowest BCUT2D eigenvalue weighted by Gasteiger charge is -2.58. The summed E-state index contributed by atoms with van der Waals surface area (Å²) in [6.07, 6.45) is 8.90. The minimum atomic E-state index is 0.00771. The third-order valence-corrected chi connectivity index (χ3v) is 7.63. The molecule has 5 atom stereocenters. The van der Waals surface area contributed by atoms with E-state index in [0.29, 0.717) is 18.1 Å². The molecule has 2 amide bonds. The number of carbonyl (C=O) groups excluding carboxylic acids is 1. The van der Waals surface area contributed by atoms with Gasteiger partial charge >= 0.3 is 6.03 Å². The Balaban J connectivity index is 1.36. The van der Waals surface area contributed by atoms with Gasteiger partial charge in [-0.15, -0.1) is 0 Å². The summed E-state index contributed by atoms with van der Waals surface area (Å²) in [6.45, 7) is 8.09. The minimum Gasteiger partial charge on any atom is -0.378 e. The topological polar surface area (TPSA) is 59.6 Å². The summed E-state index contributed by atoms with van der Waals surface area (Å²) < 4.78 is 11.8. The van der Waals surface area contributed by atoms with Crippen LogP contribution in [-0.4, -0.2) is 43.5 Å². The molecule has 0 aromatic carbocycles. The highest BCUT2D eigenvalue weighted by molar-refractivity contribution is 5.75. The summed E-state index contributed by atoms with van der Waals surface area (Å²) in [6, 6.07) is 0.501. The van der Waals surface area contributed by atoms with Gasteiger partial charge in [-0.25, -0.2) is 4.79 Å². The summed E-state index contributed by atoms with van der Waals surface area (Å²) in [7, 11) is 0. The highest BCUT2D eigenvalue weighted by atomic mass is 16.5. The molecule has 5 unspecified atom stereocenters. The van der Waals surface area contributed by atoms with Crippen molar-refractivity contribution in [3.63, 3.8) is 0 Å². The van der Waals surface area contributed by atoms with Crippen molar-refractivity contribution in [2.45, 2.75) is 90.0 Å². The lowest BCUT2D eigenvalue weighted by Crippen LogP contribution is -2.70. The Hall–Kier alpha value is -0.810. The molecule has 142 valence electrons. The van der Waals surface area contributed by atoms with E-state index in [1.54, 1.807) is 0 Å². The van der Waals surface area contributed by atoms with Crippen LogP contribution in [0.5, 0.6) is 0 Å². The molecule has 0 bridgehead atoms. The molecular weight excluding hydrogens is 316 g/mol. The lowest BCUT2D eigenvalue weighted by molar-refractivity contribution is -0.147. The van der Waals surface area contributed by atoms with E-state index in [1.807, 2.05) is 0 Å². The molecule has 5 heteroatoms. The molecule has 4 rings (SSSR count). The van der Waals surface area contributed by atoms with Crippen molar-refractivity contribution in [1.82, 2.24) is 10.6 Å². The van der Waals surface area contributed by atoms with Crippen molar-refractivity contribution in [3.8, 4) is 0 Å². The van der Waals surface area contributed by atoms with E-state index in [-0.39, 0.29) is 28.9 Å². The van der Waals surface area contributed by atoms with E-state index in [9.17, 15) is 4.79 Å². The third-order valence-electron chi connectivity index (χ3n) is 7.63. The van der Waals surface area contributed by atoms with Crippen LogP contribution in [0.3, 0.4) is 0 Å². The fourth-order valence-electron chi connectivity index (χ4n) is 6.22. The predicted octanol–water partition coefficient (Wildman–Crippen LogP) is 3.23. The van der Waals surface area contributed by atoms with Crippen LogP contribution in [0.25, 0.3) is 0 Å². The van der Waals surface area contributed by atoms with E-state index < -0.39 is 0 Å². The largest absolute Gasteiger partial charge is 0.378 e. The second kappa shape index (κ2) is 6.41. The van der Waals surface area contributed by atoms with E-state index in [1.165, 1.54) is 32.1 Å². The average molecular weight is 351 g/mol. The minimum absolute atomic E-state index is 0.00771. The molecule has 4 aliphatic rings. The first-order chi connectivity index (χ1) is 12.0. The predicted molar refractivity (Wildman–Crippen MR) is 96.4 cm³/mol. The van der Waals surface area contributed by atoms with Crippen LogP contribution in [0.1, 0.15) is 65.7 Å². The average Bonchev–Trinajstić information content (AvgIpc) is 3.07. The third kappa shape index (κ3) is 2.69. The van der Waals surface area contributed by atoms with Gasteiger partial charge in [-0.05, 0) is 32.6 Å². The van der Waals surface area contributed by atoms with Crippen LogP contribution < -0.4 is 10.6 Å². The van der Waals surface area contributed by atoms with Crippen molar-refractivity contribution in [2.75, 3.05) is 13.2 Å². The van der Waals surface area contributed by atoms with Crippen molar-refractivity contribution in [2.24, 2.45) is 16.7 Å². The maximum Gasteiger partial charge on any atom is 0.315 e. The molecule has 3 aliphatic carbocycles. The van der Waals surface area contributed by atoms with Gasteiger partial charge in [0, 0.05) is 42.0 Å². The van der Waals surface area contributed by atoms with Crippen LogP contribution >= 0.6 is 0 Å². The van der Waals surface area contributed by atoms with Gasteiger partial charge in [0.1, 0.15) is 0 Å². The van der Waals surface area contributed by atoms with Gasteiger partial charge in [0.05, 0.1) is 12.2 Å². The maximum atomic E-state index is 12.7. The SMILES string of the molecule is CCOC1CC(NC(=O)NC2C3CCOC3C2(C)C)C12CCCCC2. The fourth-order valence-corrected chi connectivity index (χ4v) is 6.22. The molecule has 0 radical (unpaired) electrons. The second-order valence-electron chi connectivity index (χ2n) is 9.19. The highest BCUT2D eigenvalue weighted by Crippen LogP contribution is 2.54.